The van der Waals surface area contributed by atoms with Gasteiger partial charge >= 0.3 is 0 Å². The minimum atomic E-state index is 1.11. The lowest BCUT2D eigenvalue weighted by atomic mass is 9.96. The Balaban J connectivity index is 1.03. The van der Waals surface area contributed by atoms with Crippen LogP contribution in [0.25, 0.3) is 111 Å². The molecule has 5 heteroatoms. The Labute approximate surface area is 440 Å². The van der Waals surface area contributed by atoms with Gasteiger partial charge in [0, 0.05) is 69.6 Å². The maximum absolute atomic E-state index is 2.53. The van der Waals surface area contributed by atoms with E-state index in [0.29, 0.717) is 0 Å². The number of aromatic nitrogens is 1. The normalized spacial score (nSPS) is 12.0. The predicted molar refractivity (Wildman–Crippen MR) is 326 cm³/mol. The minimum Gasteiger partial charge on any atom is -0.309 e. The molecule has 0 aliphatic heterocycles. The van der Waals surface area contributed by atoms with Crippen LogP contribution in [0.15, 0.2) is 261 Å². The van der Waals surface area contributed by atoms with E-state index in [4.69, 9.17) is 0 Å². The summed E-state index contributed by atoms with van der Waals surface area (Å²) in [5.41, 5.74) is 10.2. The topological polar surface area (TPSA) is 11.4 Å². The molecule has 16 aromatic rings. The van der Waals surface area contributed by atoms with E-state index < -0.39 is 0 Å². The molecule has 0 bridgehead atoms. The molecule has 0 unspecified atom stereocenters. The second-order valence-corrected chi connectivity index (χ2v) is 21.6. The predicted octanol–water partition coefficient (Wildman–Crippen LogP) is 21.1. The molecule has 13 aromatic carbocycles. The van der Waals surface area contributed by atoms with Crippen LogP contribution in [0.4, 0.5) is 34.1 Å². The van der Waals surface area contributed by atoms with Crippen LogP contribution < -0.4 is 9.80 Å². The van der Waals surface area contributed by atoms with Crippen LogP contribution in [-0.2, 0) is 0 Å². The molecule has 0 aliphatic rings. The second-order valence-electron chi connectivity index (χ2n) is 19.5. The number of hydrogen-bond acceptors (Lipinski definition) is 4. The molecule has 0 saturated carbocycles. The van der Waals surface area contributed by atoms with E-state index in [-0.39, 0.29) is 0 Å². The van der Waals surface area contributed by atoms with Gasteiger partial charge in [-0.2, -0.15) is 0 Å². The third-order valence-corrected chi connectivity index (χ3v) is 17.9. The van der Waals surface area contributed by atoms with Crippen LogP contribution >= 0.6 is 22.7 Å². The van der Waals surface area contributed by atoms with Crippen molar-refractivity contribution < 1.29 is 0 Å². The van der Waals surface area contributed by atoms with Gasteiger partial charge in [0.15, 0.2) is 0 Å². The number of fused-ring (bicyclic) bond motifs is 17. The Bertz CT molecular complexity index is 4660. The monoisotopic (exact) mass is 989 g/mol. The molecule has 0 spiro atoms. The molecule has 0 saturated heterocycles. The summed E-state index contributed by atoms with van der Waals surface area (Å²) < 4.78 is 7.63. The zero-order chi connectivity index (χ0) is 49.1. The molecule has 0 N–H and O–H groups in total. The van der Waals surface area contributed by atoms with Crippen molar-refractivity contribution in [1.29, 1.82) is 0 Å². The van der Waals surface area contributed by atoms with Crippen LogP contribution in [-0.4, -0.2) is 4.57 Å². The summed E-state index contributed by atoms with van der Waals surface area (Å²) >= 11 is 3.77. The van der Waals surface area contributed by atoms with E-state index in [1.807, 2.05) is 22.7 Å². The molecule has 0 amide bonds. The van der Waals surface area contributed by atoms with Crippen LogP contribution in [0.2, 0.25) is 0 Å². The Kier molecular flexibility index (Phi) is 9.38. The summed E-state index contributed by atoms with van der Waals surface area (Å²) in [6.45, 7) is 0. The lowest BCUT2D eigenvalue weighted by Crippen LogP contribution is -2.11. The summed E-state index contributed by atoms with van der Waals surface area (Å²) in [6, 6.07) is 96.5. The maximum atomic E-state index is 2.53. The fourth-order valence-electron chi connectivity index (χ4n) is 12.3. The number of rotatable bonds is 7. The summed E-state index contributed by atoms with van der Waals surface area (Å²) in [5.74, 6) is 0. The minimum absolute atomic E-state index is 1.11. The average Bonchev–Trinajstić information content (AvgIpc) is 4.18. The van der Waals surface area contributed by atoms with Gasteiger partial charge in [-0.15, -0.1) is 22.7 Å². The SMILES string of the molecule is c1ccc(N(c2cc3c(c4ccccc24)c2c4ccccc4c(N(c4ccccc4)c4cccc5c4sc4ccc6ccccc6c45)cc2n3-c2ccccc2)c2cccc3c2sc2ccc4ccccc4c23)cc1. The Hall–Kier alpha value is -9.26. The fraction of sp³-hybridized carbons (Fsp3) is 0. The van der Waals surface area contributed by atoms with Crippen molar-refractivity contribution in [2.24, 2.45) is 0 Å². The summed E-state index contributed by atoms with van der Waals surface area (Å²) in [4.78, 5) is 5.04. The van der Waals surface area contributed by atoms with Gasteiger partial charge < -0.3 is 14.4 Å². The molecular formula is C70H43N3S2. The van der Waals surface area contributed by atoms with Crippen LogP contribution in [0.1, 0.15) is 0 Å². The van der Waals surface area contributed by atoms with Crippen molar-refractivity contribution in [3.8, 4) is 5.69 Å². The summed E-state index contributed by atoms with van der Waals surface area (Å²) in [7, 11) is 0. The Morgan fingerprint density at radius 2 is 0.640 bits per heavy atom. The average molecular weight is 990 g/mol. The number of hydrogen-bond donors (Lipinski definition) is 0. The van der Waals surface area contributed by atoms with Crippen molar-refractivity contribution >= 4 is 162 Å². The maximum Gasteiger partial charge on any atom is 0.0640 e. The molecule has 0 atom stereocenters. The van der Waals surface area contributed by atoms with E-state index in [0.717, 1.165) is 50.8 Å². The zero-order valence-electron chi connectivity index (χ0n) is 40.5. The number of thiophene rings is 2. The second kappa shape index (κ2) is 16.6. The summed E-state index contributed by atoms with van der Waals surface area (Å²) in [6.07, 6.45) is 0. The van der Waals surface area contributed by atoms with Crippen molar-refractivity contribution in [1.82, 2.24) is 4.57 Å². The van der Waals surface area contributed by atoms with Gasteiger partial charge in [0.25, 0.3) is 0 Å². The van der Waals surface area contributed by atoms with Gasteiger partial charge in [0.1, 0.15) is 0 Å². The summed E-state index contributed by atoms with van der Waals surface area (Å²) in [5, 5.41) is 17.5. The highest BCUT2D eigenvalue weighted by molar-refractivity contribution is 7.27. The largest absolute Gasteiger partial charge is 0.309 e. The first-order valence-electron chi connectivity index (χ1n) is 25.6. The highest BCUT2D eigenvalue weighted by Crippen LogP contribution is 2.53. The molecule has 0 radical (unpaired) electrons. The molecule has 75 heavy (non-hydrogen) atoms. The van der Waals surface area contributed by atoms with Crippen molar-refractivity contribution in [3.05, 3.63) is 261 Å². The first kappa shape index (κ1) is 42.3. The molecule has 350 valence electrons. The van der Waals surface area contributed by atoms with Crippen molar-refractivity contribution in [3.63, 3.8) is 0 Å². The van der Waals surface area contributed by atoms with Gasteiger partial charge in [0.05, 0.1) is 43.2 Å². The van der Waals surface area contributed by atoms with E-state index >= 15 is 0 Å². The zero-order valence-corrected chi connectivity index (χ0v) is 42.1. The van der Waals surface area contributed by atoms with Gasteiger partial charge in [-0.05, 0) is 105 Å². The third kappa shape index (κ3) is 6.32. The fourth-order valence-corrected chi connectivity index (χ4v) is 14.8. The third-order valence-electron chi connectivity index (χ3n) is 15.5. The van der Waals surface area contributed by atoms with Gasteiger partial charge in [-0.25, -0.2) is 0 Å². The molecule has 3 aromatic heterocycles. The number of benzene rings is 13. The molecule has 16 rings (SSSR count). The van der Waals surface area contributed by atoms with Gasteiger partial charge in [-0.3, -0.25) is 0 Å². The van der Waals surface area contributed by atoms with E-state index in [2.05, 4.69) is 275 Å². The Morgan fingerprint density at radius 3 is 1.09 bits per heavy atom. The van der Waals surface area contributed by atoms with Crippen LogP contribution in [0.5, 0.6) is 0 Å². The molecule has 3 heterocycles. The lowest BCUT2D eigenvalue weighted by Gasteiger charge is -2.28. The van der Waals surface area contributed by atoms with Crippen molar-refractivity contribution in [2.75, 3.05) is 9.80 Å². The number of nitrogens with zero attached hydrogens (tertiary/aromatic N) is 3. The number of para-hydroxylation sites is 3. The molecule has 0 fully saturated rings. The molecule has 3 nitrogen and oxygen atoms in total. The van der Waals surface area contributed by atoms with Gasteiger partial charge in [0.2, 0.25) is 0 Å². The van der Waals surface area contributed by atoms with Crippen LogP contribution in [0, 0.1) is 0 Å². The highest BCUT2D eigenvalue weighted by Gasteiger charge is 2.28. The highest BCUT2D eigenvalue weighted by atomic mass is 32.1. The van der Waals surface area contributed by atoms with E-state index in [1.54, 1.807) is 0 Å². The quantitative estimate of drug-likeness (QED) is 0.158. The first-order chi connectivity index (χ1) is 37.2. The van der Waals surface area contributed by atoms with Gasteiger partial charge in [-0.1, -0.05) is 188 Å². The molecule has 0 aliphatic carbocycles. The smallest absolute Gasteiger partial charge is 0.0640 e. The standard InChI is InChI=1S/C70H43N3S2/c1-4-22-46(23-5-1)71(57-36-18-34-55-65-49-28-12-10-20-44(49)38-40-63(65)74-69(55)57)59-42-61-67(53-32-16-14-30-51(53)59)68-54-33-17-15-31-52(54)60(43-62(68)73(61)48-26-8-3-9-27-48)72(47-24-6-2-7-25-47)58-37-19-35-56-66-50-29-13-11-21-45(50)39-41-64(66)75-70(56)58/h1-43H. The Morgan fingerprint density at radius 1 is 0.267 bits per heavy atom. The first-order valence-corrected chi connectivity index (χ1v) is 27.2. The van der Waals surface area contributed by atoms with Crippen LogP contribution in [0.3, 0.4) is 0 Å². The van der Waals surface area contributed by atoms with Crippen molar-refractivity contribution in [2.45, 2.75) is 0 Å². The number of anilines is 6. The lowest BCUT2D eigenvalue weighted by molar-refractivity contribution is 1.18. The molecular weight excluding hydrogens is 947 g/mol. The van der Waals surface area contributed by atoms with E-state index in [9.17, 15) is 0 Å². The van der Waals surface area contributed by atoms with E-state index in [1.165, 1.54) is 94.2 Å².